The molecule has 1 aliphatic carbocycles. The zero-order chi connectivity index (χ0) is 51.5. The minimum atomic E-state index is -2.41. The molecule has 0 spiro atoms. The lowest BCUT2D eigenvalue weighted by molar-refractivity contribution is -0.265. The number of cyclic esters (lactones) is 1. The van der Waals surface area contributed by atoms with E-state index in [2.05, 4.69) is 0 Å². The van der Waals surface area contributed by atoms with Crippen LogP contribution in [0, 0.1) is 35.5 Å². The molecule has 396 valence electrons. The van der Waals surface area contributed by atoms with Crippen LogP contribution in [0.5, 0.6) is 0 Å². The largest absolute Gasteiger partial charge is 0.460 e. The van der Waals surface area contributed by atoms with Crippen LogP contribution in [0.1, 0.15) is 132 Å². The summed E-state index contributed by atoms with van der Waals surface area (Å²) in [6.45, 7) is 14.9. The van der Waals surface area contributed by atoms with Crippen LogP contribution >= 0.6 is 0 Å². The SMILES string of the molecule is CCOCCO[C@@H]1CC[C@@H](CC[C@@H]2CC(=O)[C@H](C)/C=C(\C)[C@@H](O)[C@@H](OC)C(=O)[C@H](C)C[C@H](C)/C=C/C=C/C=C(\C)[C@@H](COC)C[C@@H]3CC[C@@H](C)[C@@](O)(O3)C(=O)C(=O)N3CCCC[C@H]3C(=O)O2)C[C@H]1OC. The molecule has 2 saturated heterocycles. The summed E-state index contributed by atoms with van der Waals surface area (Å²) in [4.78, 5) is 72.1. The van der Waals surface area contributed by atoms with Crippen molar-refractivity contribution in [2.45, 2.75) is 180 Å². The standard InChI is InChI=1S/C55H87NO14/c1-11-67-27-28-68-47-25-22-41(31-48(47)65-9)21-24-43-33-46(57)37(4)30-39(6)50(59)51(66-10)49(58)38(5)29-35(2)17-13-12-14-18-36(3)42(34-64-8)32-44-23-20-40(7)55(63,70-44)52(60)53(61)56-26-16-15-19-45(56)54(62)69-43/h12-14,17-18,30,35,37-38,40-45,47-48,50-51,59,63H,11,15-16,19-29,31-34H2,1-10H3/b14-12+,17-13+,36-18+,39-30+/t35-,37-,38-,40-,41-,42-,43-,44+,45+,47-,48-,50-,51+,55-/m1/s1. The van der Waals surface area contributed by atoms with E-state index in [-0.39, 0.29) is 60.9 Å². The molecule has 4 rings (SSSR count). The first-order valence-corrected chi connectivity index (χ1v) is 26.0. The normalized spacial score (nSPS) is 37.9. The predicted molar refractivity (Wildman–Crippen MR) is 265 cm³/mol. The highest BCUT2D eigenvalue weighted by Gasteiger charge is 2.53. The number of carbonyl (C=O) groups is 5. The Morgan fingerprint density at radius 1 is 0.829 bits per heavy atom. The Hall–Kier alpha value is -3.41. The van der Waals surface area contributed by atoms with Gasteiger partial charge in [-0.3, -0.25) is 19.2 Å². The van der Waals surface area contributed by atoms with Gasteiger partial charge in [-0.05, 0) is 115 Å². The van der Waals surface area contributed by atoms with Gasteiger partial charge < -0.3 is 48.3 Å². The highest BCUT2D eigenvalue weighted by molar-refractivity contribution is 6.39. The van der Waals surface area contributed by atoms with Gasteiger partial charge >= 0.3 is 5.97 Å². The zero-order valence-electron chi connectivity index (χ0n) is 43.9. The molecule has 70 heavy (non-hydrogen) atoms. The number of ether oxygens (including phenoxy) is 7. The average Bonchev–Trinajstić information content (AvgIpc) is 3.34. The van der Waals surface area contributed by atoms with Crippen LogP contribution in [0.4, 0.5) is 0 Å². The van der Waals surface area contributed by atoms with Crippen LogP contribution in [0.25, 0.3) is 0 Å². The molecular formula is C55H87NO14. The van der Waals surface area contributed by atoms with Crippen molar-refractivity contribution in [2.75, 3.05) is 54.3 Å². The second kappa shape index (κ2) is 29.3. The molecular weight excluding hydrogens is 899 g/mol. The number of aliphatic hydroxyl groups is 2. The highest BCUT2D eigenvalue weighted by atomic mass is 16.6. The van der Waals surface area contributed by atoms with Gasteiger partial charge in [0.05, 0.1) is 38.1 Å². The number of hydrogen-bond acceptors (Lipinski definition) is 14. The van der Waals surface area contributed by atoms with Gasteiger partial charge in [0.1, 0.15) is 30.1 Å². The molecule has 15 heteroatoms. The number of ketones is 3. The number of allylic oxidation sites excluding steroid dienone is 6. The van der Waals surface area contributed by atoms with Crippen molar-refractivity contribution in [3.63, 3.8) is 0 Å². The quantitative estimate of drug-likeness (QED) is 0.0860. The lowest BCUT2D eigenvalue weighted by Gasteiger charge is -2.42. The zero-order valence-corrected chi connectivity index (χ0v) is 43.9. The number of rotatable bonds is 12. The first-order chi connectivity index (χ1) is 33.4. The number of amides is 1. The van der Waals surface area contributed by atoms with Crippen LogP contribution in [0.15, 0.2) is 47.6 Å². The van der Waals surface area contributed by atoms with Crippen molar-refractivity contribution in [1.82, 2.24) is 4.90 Å². The molecule has 0 radical (unpaired) electrons. The molecule has 2 N–H and O–H groups in total. The molecule has 3 fully saturated rings. The van der Waals surface area contributed by atoms with Crippen molar-refractivity contribution in [1.29, 1.82) is 0 Å². The predicted octanol–water partition coefficient (Wildman–Crippen LogP) is 7.24. The molecule has 15 nitrogen and oxygen atoms in total. The maximum absolute atomic E-state index is 14.4. The molecule has 3 heterocycles. The minimum Gasteiger partial charge on any atom is -0.460 e. The van der Waals surface area contributed by atoms with E-state index >= 15 is 0 Å². The lowest BCUT2D eigenvalue weighted by Crippen LogP contribution is -2.60. The number of Topliss-reactive ketones (excluding diaryl/α,β-unsaturated/α-hetero) is 3. The molecule has 14 atom stereocenters. The highest BCUT2D eigenvalue weighted by Crippen LogP contribution is 2.38. The van der Waals surface area contributed by atoms with Crippen LogP contribution < -0.4 is 0 Å². The van der Waals surface area contributed by atoms with Gasteiger partial charge in [-0.2, -0.15) is 0 Å². The number of piperidine rings is 1. The summed E-state index contributed by atoms with van der Waals surface area (Å²) in [5.74, 6) is -7.52. The molecule has 0 aromatic rings. The topological polar surface area (TPSA) is 194 Å². The average molecular weight is 986 g/mol. The third-order valence-corrected chi connectivity index (χ3v) is 15.1. The van der Waals surface area contributed by atoms with E-state index in [0.29, 0.717) is 89.8 Å². The van der Waals surface area contributed by atoms with Crippen molar-refractivity contribution in [3.8, 4) is 0 Å². The first kappa shape index (κ1) is 59.2. The molecule has 4 aliphatic rings. The molecule has 0 aromatic heterocycles. The van der Waals surface area contributed by atoms with Gasteiger partial charge in [0, 0.05) is 64.6 Å². The Bertz CT molecular complexity index is 1830. The number of methoxy groups -OCH3 is 3. The molecule has 2 bridgehead atoms. The number of fused-ring (bicyclic) bond motifs is 3. The third-order valence-electron chi connectivity index (χ3n) is 15.1. The van der Waals surface area contributed by atoms with Crippen molar-refractivity contribution < 1.29 is 67.3 Å². The van der Waals surface area contributed by atoms with Gasteiger partial charge in [0.15, 0.2) is 5.78 Å². The van der Waals surface area contributed by atoms with E-state index in [4.69, 9.17) is 33.2 Å². The monoisotopic (exact) mass is 986 g/mol. The fraction of sp³-hybridized carbons (Fsp3) is 0.764. The summed E-state index contributed by atoms with van der Waals surface area (Å²) in [5.41, 5.74) is 1.40. The second-order valence-electron chi connectivity index (χ2n) is 20.5. The first-order valence-electron chi connectivity index (χ1n) is 26.0. The molecule has 1 saturated carbocycles. The van der Waals surface area contributed by atoms with E-state index in [9.17, 15) is 34.2 Å². The Morgan fingerprint density at radius 3 is 2.29 bits per heavy atom. The van der Waals surface area contributed by atoms with Crippen molar-refractivity contribution >= 4 is 29.2 Å². The summed E-state index contributed by atoms with van der Waals surface area (Å²) in [6, 6.07) is -1.12. The van der Waals surface area contributed by atoms with Gasteiger partial charge in [0.25, 0.3) is 11.7 Å². The summed E-state index contributed by atoms with van der Waals surface area (Å²) < 4.78 is 41.1. The summed E-state index contributed by atoms with van der Waals surface area (Å²) in [5, 5.41) is 23.5. The smallest absolute Gasteiger partial charge is 0.329 e. The van der Waals surface area contributed by atoms with Crippen LogP contribution in [-0.2, 0) is 57.1 Å². The van der Waals surface area contributed by atoms with Gasteiger partial charge in [-0.25, -0.2) is 4.79 Å². The minimum absolute atomic E-state index is 0.0261. The Kier molecular flexibility index (Phi) is 24.8. The molecule has 3 aliphatic heterocycles. The van der Waals surface area contributed by atoms with Crippen LogP contribution in [0.3, 0.4) is 0 Å². The molecule has 1 amide bonds. The molecule has 0 unspecified atom stereocenters. The lowest BCUT2D eigenvalue weighted by atomic mass is 9.81. The number of hydrogen-bond donors (Lipinski definition) is 2. The maximum Gasteiger partial charge on any atom is 0.329 e. The Labute approximate surface area is 418 Å². The number of esters is 1. The number of nitrogens with zero attached hydrogens (tertiary/aromatic N) is 1. The van der Waals surface area contributed by atoms with Gasteiger partial charge in [-0.1, -0.05) is 69.7 Å². The van der Waals surface area contributed by atoms with E-state index in [0.717, 1.165) is 18.4 Å². The molecule has 0 aromatic carbocycles. The fourth-order valence-electron chi connectivity index (χ4n) is 10.6. The van der Waals surface area contributed by atoms with E-state index in [1.54, 1.807) is 41.1 Å². The van der Waals surface area contributed by atoms with Crippen molar-refractivity contribution in [3.05, 3.63) is 47.6 Å². The van der Waals surface area contributed by atoms with Crippen molar-refractivity contribution in [2.24, 2.45) is 35.5 Å². The number of aliphatic hydroxyl groups excluding tert-OH is 1. The number of carbonyl (C=O) groups excluding carboxylic acids is 5. The second-order valence-corrected chi connectivity index (χ2v) is 20.5. The fourth-order valence-corrected chi connectivity index (χ4v) is 10.6. The Morgan fingerprint density at radius 2 is 1.59 bits per heavy atom. The van der Waals surface area contributed by atoms with E-state index in [1.807, 2.05) is 58.1 Å². The van der Waals surface area contributed by atoms with E-state index < -0.39 is 71.7 Å². The van der Waals surface area contributed by atoms with Crippen LogP contribution in [0.2, 0.25) is 0 Å². The van der Waals surface area contributed by atoms with Crippen LogP contribution in [-0.4, -0.2) is 147 Å². The summed E-state index contributed by atoms with van der Waals surface area (Å²) in [7, 11) is 4.67. The maximum atomic E-state index is 14.4. The third kappa shape index (κ3) is 16.8. The van der Waals surface area contributed by atoms with Gasteiger partial charge in [0.2, 0.25) is 5.79 Å². The van der Waals surface area contributed by atoms with Gasteiger partial charge in [-0.15, -0.1) is 0 Å². The summed E-state index contributed by atoms with van der Waals surface area (Å²) >= 11 is 0. The van der Waals surface area contributed by atoms with E-state index in [1.165, 1.54) is 12.0 Å². The Balaban J connectivity index is 1.66. The summed E-state index contributed by atoms with van der Waals surface area (Å²) in [6.07, 6.45) is 13.7.